The van der Waals surface area contributed by atoms with Crippen LogP contribution in [-0.4, -0.2) is 37.2 Å². The third kappa shape index (κ3) is 3.91. The Hall–Kier alpha value is -2.16. The summed E-state index contributed by atoms with van der Waals surface area (Å²) in [5, 5.41) is 10.4. The molecule has 1 aromatic rings. The summed E-state index contributed by atoms with van der Waals surface area (Å²) in [5.74, 6) is -1.47. The Morgan fingerprint density at radius 3 is 2.68 bits per heavy atom. The fraction of sp³-hybridized carbons (Fsp3) is 0.400. The highest BCUT2D eigenvalue weighted by Gasteiger charge is 2.24. The summed E-state index contributed by atoms with van der Waals surface area (Å²) in [7, 11) is 1.14. The SMILES string of the molecule is CCOC(=O)COc1cc([N+](=O)[O-])sc1C(=O)OC. The number of esters is 2. The van der Waals surface area contributed by atoms with Crippen molar-refractivity contribution in [1.29, 1.82) is 0 Å². The molecule has 1 rings (SSSR count). The highest BCUT2D eigenvalue weighted by atomic mass is 32.1. The van der Waals surface area contributed by atoms with E-state index in [1.54, 1.807) is 6.92 Å². The van der Waals surface area contributed by atoms with Gasteiger partial charge in [-0.15, -0.1) is 0 Å². The summed E-state index contributed by atoms with van der Waals surface area (Å²) in [6.45, 7) is 1.38. The van der Waals surface area contributed by atoms with Gasteiger partial charge in [-0.1, -0.05) is 11.3 Å². The molecular weight excluding hydrogens is 278 g/mol. The lowest BCUT2D eigenvalue weighted by Gasteiger charge is -2.05. The van der Waals surface area contributed by atoms with Gasteiger partial charge in [0.25, 0.3) is 0 Å². The number of methoxy groups -OCH3 is 1. The third-order valence-electron chi connectivity index (χ3n) is 1.89. The molecule has 0 spiro atoms. The molecule has 0 amide bonds. The van der Waals surface area contributed by atoms with Crippen LogP contribution in [0.25, 0.3) is 0 Å². The van der Waals surface area contributed by atoms with E-state index >= 15 is 0 Å². The maximum Gasteiger partial charge on any atom is 0.352 e. The second kappa shape index (κ2) is 6.69. The van der Waals surface area contributed by atoms with Crippen molar-refractivity contribution in [3.05, 3.63) is 21.1 Å². The molecule has 0 aliphatic heterocycles. The molecule has 0 N–H and O–H groups in total. The van der Waals surface area contributed by atoms with Gasteiger partial charge in [0.2, 0.25) is 0 Å². The topological polar surface area (TPSA) is 105 Å². The largest absolute Gasteiger partial charge is 0.480 e. The first-order valence-corrected chi connectivity index (χ1v) is 5.96. The summed E-state index contributed by atoms with van der Waals surface area (Å²) in [4.78, 5) is 32.4. The van der Waals surface area contributed by atoms with E-state index < -0.39 is 23.5 Å². The Kier molecular flexibility index (Phi) is 5.24. The molecule has 0 saturated heterocycles. The predicted molar refractivity (Wildman–Crippen MR) is 64.4 cm³/mol. The Labute approximate surface area is 112 Å². The standard InChI is InChI=1S/C10H11NO7S/c1-3-17-8(12)5-18-6-4-7(11(14)15)19-9(6)10(13)16-2/h4H,3,5H2,1-2H3. The molecule has 0 radical (unpaired) electrons. The van der Waals surface area contributed by atoms with E-state index in [4.69, 9.17) is 4.74 Å². The average molecular weight is 289 g/mol. The van der Waals surface area contributed by atoms with Crippen molar-refractivity contribution in [3.8, 4) is 5.75 Å². The number of thiophene rings is 1. The molecule has 0 saturated carbocycles. The first-order valence-electron chi connectivity index (χ1n) is 5.14. The van der Waals surface area contributed by atoms with Crippen molar-refractivity contribution in [2.45, 2.75) is 6.92 Å². The number of nitro groups is 1. The van der Waals surface area contributed by atoms with Crippen LogP contribution in [-0.2, 0) is 14.3 Å². The van der Waals surface area contributed by atoms with Gasteiger partial charge in [-0.05, 0) is 6.92 Å². The zero-order valence-electron chi connectivity index (χ0n) is 10.2. The summed E-state index contributed by atoms with van der Waals surface area (Å²) in [6.07, 6.45) is 0. The van der Waals surface area contributed by atoms with E-state index in [1.165, 1.54) is 0 Å². The second-order valence-corrected chi connectivity index (χ2v) is 4.15. The highest BCUT2D eigenvalue weighted by Crippen LogP contribution is 2.35. The van der Waals surface area contributed by atoms with Gasteiger partial charge in [0.15, 0.2) is 17.2 Å². The highest BCUT2D eigenvalue weighted by molar-refractivity contribution is 7.17. The van der Waals surface area contributed by atoms with Crippen molar-refractivity contribution in [2.75, 3.05) is 20.3 Å². The molecule has 0 fully saturated rings. The van der Waals surface area contributed by atoms with Crippen LogP contribution in [0, 0.1) is 10.1 Å². The minimum absolute atomic E-state index is 0.0708. The fourth-order valence-corrected chi connectivity index (χ4v) is 1.97. The molecule has 19 heavy (non-hydrogen) atoms. The second-order valence-electron chi connectivity index (χ2n) is 3.12. The van der Waals surface area contributed by atoms with Crippen LogP contribution in [0.1, 0.15) is 16.6 Å². The van der Waals surface area contributed by atoms with Crippen LogP contribution < -0.4 is 4.74 Å². The maximum absolute atomic E-state index is 11.4. The smallest absolute Gasteiger partial charge is 0.352 e. The van der Waals surface area contributed by atoms with Gasteiger partial charge in [-0.3, -0.25) is 10.1 Å². The van der Waals surface area contributed by atoms with Gasteiger partial charge in [0, 0.05) is 0 Å². The van der Waals surface area contributed by atoms with E-state index in [9.17, 15) is 19.7 Å². The fourth-order valence-electron chi connectivity index (χ4n) is 1.13. The maximum atomic E-state index is 11.4. The van der Waals surface area contributed by atoms with E-state index in [1.807, 2.05) is 0 Å². The van der Waals surface area contributed by atoms with Gasteiger partial charge >= 0.3 is 16.9 Å². The molecule has 0 unspecified atom stereocenters. The zero-order valence-corrected chi connectivity index (χ0v) is 11.0. The van der Waals surface area contributed by atoms with Crippen molar-refractivity contribution < 1.29 is 28.7 Å². The molecule has 0 aliphatic rings. The Morgan fingerprint density at radius 1 is 1.47 bits per heavy atom. The lowest BCUT2D eigenvalue weighted by molar-refractivity contribution is -0.380. The van der Waals surface area contributed by atoms with Crippen LogP contribution in [0.2, 0.25) is 0 Å². The summed E-state index contributed by atoms with van der Waals surface area (Å²) in [5.41, 5.74) is 0. The molecular formula is C10H11NO7S. The third-order valence-corrected chi connectivity index (χ3v) is 2.93. The molecule has 104 valence electrons. The monoisotopic (exact) mass is 289 g/mol. The molecule has 8 nitrogen and oxygen atoms in total. The Bertz CT molecular complexity index is 496. The number of nitrogens with zero attached hydrogens (tertiary/aromatic N) is 1. The van der Waals surface area contributed by atoms with E-state index in [2.05, 4.69) is 9.47 Å². The van der Waals surface area contributed by atoms with Crippen LogP contribution >= 0.6 is 11.3 Å². The number of rotatable bonds is 6. The quantitative estimate of drug-likeness (QED) is 0.442. The minimum Gasteiger partial charge on any atom is -0.480 e. The molecule has 0 atom stereocenters. The van der Waals surface area contributed by atoms with Crippen molar-refractivity contribution in [2.24, 2.45) is 0 Å². The van der Waals surface area contributed by atoms with E-state index in [-0.39, 0.29) is 22.2 Å². The number of hydrogen-bond donors (Lipinski definition) is 0. The molecule has 9 heteroatoms. The summed E-state index contributed by atoms with van der Waals surface area (Å²) < 4.78 is 14.1. The molecule has 0 bridgehead atoms. The first kappa shape index (κ1) is 14.9. The molecule has 0 aromatic carbocycles. The van der Waals surface area contributed by atoms with Crippen LogP contribution in [0.15, 0.2) is 6.07 Å². The Morgan fingerprint density at radius 2 is 2.16 bits per heavy atom. The van der Waals surface area contributed by atoms with Crippen LogP contribution in [0.4, 0.5) is 5.00 Å². The minimum atomic E-state index is -0.767. The lowest BCUT2D eigenvalue weighted by atomic mass is 10.4. The van der Waals surface area contributed by atoms with Gasteiger partial charge < -0.3 is 14.2 Å². The molecule has 1 heterocycles. The average Bonchev–Trinajstić information content (AvgIpc) is 2.80. The molecule has 1 aromatic heterocycles. The van der Waals surface area contributed by atoms with Crippen molar-refractivity contribution in [1.82, 2.24) is 0 Å². The van der Waals surface area contributed by atoms with Crippen molar-refractivity contribution in [3.63, 3.8) is 0 Å². The number of carbonyl (C=O) groups excluding carboxylic acids is 2. The normalized spacial score (nSPS) is 9.79. The summed E-state index contributed by atoms with van der Waals surface area (Å²) in [6, 6.07) is 1.07. The van der Waals surface area contributed by atoms with E-state index in [0.29, 0.717) is 11.3 Å². The van der Waals surface area contributed by atoms with Gasteiger partial charge in [0.05, 0.1) is 24.7 Å². The molecule has 0 aliphatic carbocycles. The predicted octanol–water partition coefficient (Wildman–Crippen LogP) is 1.38. The summed E-state index contributed by atoms with van der Waals surface area (Å²) >= 11 is 0.615. The number of carbonyl (C=O) groups is 2. The van der Waals surface area contributed by atoms with Crippen LogP contribution in [0.3, 0.4) is 0 Å². The number of hydrogen-bond acceptors (Lipinski definition) is 8. The first-order chi connectivity index (χ1) is 8.99. The zero-order chi connectivity index (χ0) is 14.4. The van der Waals surface area contributed by atoms with Gasteiger partial charge in [-0.2, -0.15) is 0 Å². The van der Waals surface area contributed by atoms with Gasteiger partial charge in [-0.25, -0.2) is 9.59 Å². The number of ether oxygens (including phenoxy) is 3. The van der Waals surface area contributed by atoms with E-state index in [0.717, 1.165) is 13.2 Å². The van der Waals surface area contributed by atoms with Gasteiger partial charge in [0.1, 0.15) is 0 Å². The Balaban J connectivity index is 2.88. The lowest BCUT2D eigenvalue weighted by Crippen LogP contribution is -2.15. The van der Waals surface area contributed by atoms with Crippen molar-refractivity contribution >= 4 is 28.3 Å². The van der Waals surface area contributed by atoms with Crippen LogP contribution in [0.5, 0.6) is 5.75 Å².